The molecular formula is C51H40N2. The fraction of sp³-hybridized carbons (Fsp3) is 0.118. The summed E-state index contributed by atoms with van der Waals surface area (Å²) in [4.78, 5) is 2.26. The highest BCUT2D eigenvalue weighted by molar-refractivity contribution is 6.09. The predicted molar refractivity (Wildman–Crippen MR) is 223 cm³/mol. The lowest BCUT2D eigenvalue weighted by molar-refractivity contribution is 0.694. The van der Waals surface area contributed by atoms with Gasteiger partial charge in [-0.1, -0.05) is 149 Å². The monoisotopic (exact) mass is 680 g/mol. The molecule has 0 aromatic heterocycles. The fourth-order valence-electron chi connectivity index (χ4n) is 8.77. The van der Waals surface area contributed by atoms with Crippen LogP contribution < -0.4 is 4.90 Å². The van der Waals surface area contributed by atoms with E-state index in [0.29, 0.717) is 5.56 Å². The van der Waals surface area contributed by atoms with E-state index in [9.17, 15) is 5.26 Å². The van der Waals surface area contributed by atoms with Gasteiger partial charge in [-0.15, -0.1) is 0 Å². The van der Waals surface area contributed by atoms with Crippen molar-refractivity contribution in [1.82, 2.24) is 0 Å². The van der Waals surface area contributed by atoms with Crippen molar-refractivity contribution in [2.75, 3.05) is 4.90 Å². The molecule has 2 nitrogen and oxygen atoms in total. The Labute approximate surface area is 312 Å². The second kappa shape index (κ2) is 12.4. The van der Waals surface area contributed by atoms with Crippen molar-refractivity contribution in [3.8, 4) is 17.2 Å². The molecule has 0 aliphatic heterocycles. The molecule has 0 fully saturated rings. The van der Waals surface area contributed by atoms with Crippen molar-refractivity contribution in [2.24, 2.45) is 0 Å². The van der Waals surface area contributed by atoms with Gasteiger partial charge in [-0.25, -0.2) is 0 Å². The first kappa shape index (κ1) is 32.5. The summed E-state index contributed by atoms with van der Waals surface area (Å²) in [6.07, 6.45) is 4.36. The molecule has 0 spiro atoms. The molecule has 53 heavy (non-hydrogen) atoms. The van der Waals surface area contributed by atoms with Crippen LogP contribution in [0.5, 0.6) is 0 Å². The maximum atomic E-state index is 9.41. The first-order valence-electron chi connectivity index (χ1n) is 18.4. The van der Waals surface area contributed by atoms with Gasteiger partial charge in [-0.2, -0.15) is 5.26 Å². The zero-order chi connectivity index (χ0) is 36.3. The highest BCUT2D eigenvalue weighted by atomic mass is 15.1. The molecule has 2 heteroatoms. The highest BCUT2D eigenvalue weighted by Crippen LogP contribution is 2.62. The van der Waals surface area contributed by atoms with Gasteiger partial charge in [0.2, 0.25) is 0 Å². The van der Waals surface area contributed by atoms with Gasteiger partial charge in [0.25, 0.3) is 0 Å². The minimum Gasteiger partial charge on any atom is -0.310 e. The number of fused-ring (bicyclic) bond motifs is 5. The highest BCUT2D eigenvalue weighted by Gasteiger charge is 2.49. The van der Waals surface area contributed by atoms with Gasteiger partial charge in [-0.05, 0) is 110 Å². The normalized spacial score (nSPS) is 14.9. The van der Waals surface area contributed by atoms with Crippen LogP contribution in [-0.2, 0) is 10.8 Å². The van der Waals surface area contributed by atoms with Gasteiger partial charge in [0, 0.05) is 27.6 Å². The Bertz CT molecular complexity index is 2640. The van der Waals surface area contributed by atoms with Gasteiger partial charge < -0.3 is 4.90 Å². The van der Waals surface area contributed by atoms with Crippen LogP contribution in [-0.4, -0.2) is 0 Å². The second-order valence-corrected chi connectivity index (χ2v) is 15.3. The van der Waals surface area contributed by atoms with Crippen LogP contribution in [0.3, 0.4) is 0 Å². The van der Waals surface area contributed by atoms with Crippen molar-refractivity contribution >= 4 is 51.1 Å². The van der Waals surface area contributed by atoms with E-state index in [0.717, 1.165) is 28.2 Å². The molecule has 2 aliphatic carbocycles. The van der Waals surface area contributed by atoms with Gasteiger partial charge in [0.1, 0.15) is 0 Å². The Balaban J connectivity index is 0.968. The van der Waals surface area contributed by atoms with Crippen molar-refractivity contribution in [1.29, 1.82) is 5.26 Å². The first-order valence-corrected chi connectivity index (χ1v) is 18.4. The third-order valence-corrected chi connectivity index (χ3v) is 11.5. The zero-order valence-electron chi connectivity index (χ0n) is 30.6. The molecule has 254 valence electrons. The van der Waals surface area contributed by atoms with E-state index in [1.807, 2.05) is 24.3 Å². The van der Waals surface area contributed by atoms with Gasteiger partial charge in [0.15, 0.2) is 0 Å². The Morgan fingerprint density at radius 1 is 0.509 bits per heavy atom. The Hall–Kier alpha value is -6.43. The van der Waals surface area contributed by atoms with E-state index in [4.69, 9.17) is 0 Å². The van der Waals surface area contributed by atoms with Crippen molar-refractivity contribution in [2.45, 2.75) is 38.5 Å². The minimum atomic E-state index is -0.0588. The Morgan fingerprint density at radius 2 is 1.06 bits per heavy atom. The minimum absolute atomic E-state index is 0.00850. The molecule has 9 rings (SSSR count). The molecule has 0 N–H and O–H groups in total. The second-order valence-electron chi connectivity index (χ2n) is 15.3. The van der Waals surface area contributed by atoms with E-state index in [1.54, 1.807) is 0 Å². The summed E-state index contributed by atoms with van der Waals surface area (Å²) >= 11 is 0. The Kier molecular flexibility index (Phi) is 7.58. The van der Waals surface area contributed by atoms with Gasteiger partial charge >= 0.3 is 0 Å². The first-order chi connectivity index (χ1) is 25.7. The number of anilines is 3. The summed E-state index contributed by atoms with van der Waals surface area (Å²) in [7, 11) is 0. The molecule has 0 unspecified atom stereocenters. The van der Waals surface area contributed by atoms with Crippen LogP contribution in [0.1, 0.15) is 66.6 Å². The number of nitriles is 1. The summed E-state index contributed by atoms with van der Waals surface area (Å²) in [6, 6.07) is 58.6. The lowest BCUT2D eigenvalue weighted by atomic mass is 9.75. The van der Waals surface area contributed by atoms with Crippen LogP contribution in [0, 0.1) is 11.3 Å². The maximum Gasteiger partial charge on any atom is 0.0991 e. The van der Waals surface area contributed by atoms with Crippen molar-refractivity contribution in [3.63, 3.8) is 0 Å². The zero-order valence-corrected chi connectivity index (χ0v) is 30.6. The molecule has 0 amide bonds. The summed E-state index contributed by atoms with van der Waals surface area (Å²) in [5, 5.41) is 11.8. The number of rotatable bonds is 6. The van der Waals surface area contributed by atoms with Gasteiger partial charge in [-0.3, -0.25) is 0 Å². The van der Waals surface area contributed by atoms with Crippen LogP contribution in [0.15, 0.2) is 158 Å². The largest absolute Gasteiger partial charge is 0.310 e. The molecule has 0 saturated carbocycles. The van der Waals surface area contributed by atoms with E-state index in [-0.39, 0.29) is 10.8 Å². The summed E-state index contributed by atoms with van der Waals surface area (Å²) in [6.45, 7) is 9.55. The van der Waals surface area contributed by atoms with Gasteiger partial charge in [0.05, 0.1) is 17.3 Å². The van der Waals surface area contributed by atoms with Crippen LogP contribution in [0.25, 0.3) is 45.2 Å². The quantitative estimate of drug-likeness (QED) is 0.163. The molecule has 2 aliphatic rings. The van der Waals surface area contributed by atoms with E-state index in [1.165, 1.54) is 55.3 Å². The summed E-state index contributed by atoms with van der Waals surface area (Å²) in [5.41, 5.74) is 17.2. The fourth-order valence-corrected chi connectivity index (χ4v) is 8.77. The SMILES string of the molecule is CC1(C)C2=C(c3ccccc31)C(C)(C)c1cc(-c3ccc(/C=C/c4ccc(N(c5ccc(C#N)cc5)c5cccc6ccccc56)cc4)cc3)ccc12. The topological polar surface area (TPSA) is 27.0 Å². The summed E-state index contributed by atoms with van der Waals surface area (Å²) < 4.78 is 0. The lowest BCUT2D eigenvalue weighted by Crippen LogP contribution is -2.19. The van der Waals surface area contributed by atoms with E-state index >= 15 is 0 Å². The smallest absolute Gasteiger partial charge is 0.0991 e. The average Bonchev–Trinajstić information content (AvgIpc) is 3.59. The van der Waals surface area contributed by atoms with Crippen molar-refractivity contribution < 1.29 is 0 Å². The molecule has 7 aromatic carbocycles. The number of hydrogen-bond donors (Lipinski definition) is 0. The van der Waals surface area contributed by atoms with E-state index in [2.05, 4.69) is 184 Å². The number of allylic oxidation sites excluding steroid dienone is 2. The predicted octanol–water partition coefficient (Wildman–Crippen LogP) is 13.5. The number of benzene rings is 7. The standard InChI is InChI=1S/C51H40N2/c1-50(2)45-14-8-7-13-43(45)48-49(50)44-31-26-39(32-46(44)51(48,3)4)37-24-18-34(19-25-37)16-17-35-20-27-40(28-21-35)53(41-29-22-36(33-52)23-30-41)47-15-9-11-38-10-5-6-12-42(38)47/h5-32H,1-4H3/b17-16+. The van der Waals surface area contributed by atoms with Crippen LogP contribution >= 0.6 is 0 Å². The van der Waals surface area contributed by atoms with E-state index < -0.39 is 0 Å². The number of nitrogens with zero attached hydrogens (tertiary/aromatic N) is 2. The molecule has 0 saturated heterocycles. The summed E-state index contributed by atoms with van der Waals surface area (Å²) in [5.74, 6) is 0. The molecule has 0 heterocycles. The Morgan fingerprint density at radius 3 is 1.75 bits per heavy atom. The molecular weight excluding hydrogens is 641 g/mol. The molecule has 7 aromatic rings. The van der Waals surface area contributed by atoms with Crippen LogP contribution in [0.4, 0.5) is 17.1 Å². The van der Waals surface area contributed by atoms with Crippen molar-refractivity contribution in [3.05, 3.63) is 197 Å². The average molecular weight is 681 g/mol. The molecule has 0 bridgehead atoms. The third kappa shape index (κ3) is 5.32. The van der Waals surface area contributed by atoms with Crippen LogP contribution in [0.2, 0.25) is 0 Å². The number of hydrogen-bond acceptors (Lipinski definition) is 2. The molecule has 0 atom stereocenters. The third-order valence-electron chi connectivity index (χ3n) is 11.5. The molecule has 0 radical (unpaired) electrons. The lowest BCUT2D eigenvalue weighted by Gasteiger charge is -2.28. The maximum absolute atomic E-state index is 9.41.